The summed E-state index contributed by atoms with van der Waals surface area (Å²) in [5.41, 5.74) is 0.566. The molecule has 0 amide bonds. The van der Waals surface area contributed by atoms with Gasteiger partial charge in [-0.2, -0.15) is 0 Å². The van der Waals surface area contributed by atoms with E-state index >= 15 is 0 Å². The van der Waals surface area contributed by atoms with Gasteiger partial charge in [-0.1, -0.05) is 6.92 Å². The second-order valence-corrected chi connectivity index (χ2v) is 4.18. The van der Waals surface area contributed by atoms with Gasteiger partial charge in [0.05, 0.1) is 6.10 Å². The normalized spacial score (nSPS) is 14.9. The van der Waals surface area contributed by atoms with E-state index in [1.807, 2.05) is 13.8 Å². The largest absolute Gasteiger partial charge is 0.458 e. The maximum absolute atomic E-state index is 13.1. The van der Waals surface area contributed by atoms with Crippen molar-refractivity contribution >= 4 is 11.0 Å². The van der Waals surface area contributed by atoms with Gasteiger partial charge in [0, 0.05) is 12.0 Å². The van der Waals surface area contributed by atoms with E-state index in [-0.39, 0.29) is 11.9 Å². The highest BCUT2D eigenvalue weighted by Gasteiger charge is 2.23. The molecule has 1 N–H and O–H groups in total. The molecule has 4 heteroatoms. The van der Waals surface area contributed by atoms with E-state index in [9.17, 15) is 9.50 Å². The number of hydrogen-bond donors (Lipinski definition) is 1. The van der Waals surface area contributed by atoms with Crippen molar-refractivity contribution in [3.05, 3.63) is 35.8 Å². The van der Waals surface area contributed by atoms with Crippen molar-refractivity contribution in [2.75, 3.05) is 6.61 Å². The Kier molecular flexibility index (Phi) is 3.99. The second-order valence-electron chi connectivity index (χ2n) is 4.18. The van der Waals surface area contributed by atoms with Crippen LogP contribution in [0.2, 0.25) is 0 Å². The first-order valence-corrected chi connectivity index (χ1v) is 6.14. The summed E-state index contributed by atoms with van der Waals surface area (Å²) in [5, 5.41) is 10.8. The number of fused-ring (bicyclic) bond motifs is 1. The van der Waals surface area contributed by atoms with Crippen molar-refractivity contribution in [1.82, 2.24) is 0 Å². The predicted molar refractivity (Wildman–Crippen MR) is 66.8 cm³/mol. The van der Waals surface area contributed by atoms with Gasteiger partial charge in [-0.25, -0.2) is 4.39 Å². The molecule has 0 saturated heterocycles. The summed E-state index contributed by atoms with van der Waals surface area (Å²) >= 11 is 0. The van der Waals surface area contributed by atoms with Crippen molar-refractivity contribution < 1.29 is 18.7 Å². The van der Waals surface area contributed by atoms with Gasteiger partial charge >= 0.3 is 0 Å². The third-order valence-electron chi connectivity index (χ3n) is 2.92. The van der Waals surface area contributed by atoms with Crippen LogP contribution >= 0.6 is 0 Å². The van der Waals surface area contributed by atoms with E-state index in [0.29, 0.717) is 29.8 Å². The number of hydrogen-bond acceptors (Lipinski definition) is 3. The SMILES string of the molecule is CCOC(CC)C(O)c1cc2cc(F)ccc2o1. The zero-order chi connectivity index (χ0) is 13.1. The van der Waals surface area contributed by atoms with E-state index in [1.54, 1.807) is 12.1 Å². The zero-order valence-electron chi connectivity index (χ0n) is 10.5. The number of halogens is 1. The molecule has 0 aliphatic rings. The summed E-state index contributed by atoms with van der Waals surface area (Å²) in [6, 6.07) is 5.94. The average Bonchev–Trinajstić information content (AvgIpc) is 2.77. The standard InChI is InChI=1S/C14H17FO3/c1-3-11(17-4-2)14(16)13-8-9-7-10(15)5-6-12(9)18-13/h5-8,11,14,16H,3-4H2,1-2H3. The molecule has 1 heterocycles. The molecule has 0 bridgehead atoms. The number of benzene rings is 1. The van der Waals surface area contributed by atoms with Crippen LogP contribution in [0.5, 0.6) is 0 Å². The number of furan rings is 1. The fourth-order valence-electron chi connectivity index (χ4n) is 2.01. The highest BCUT2D eigenvalue weighted by atomic mass is 19.1. The monoisotopic (exact) mass is 252 g/mol. The van der Waals surface area contributed by atoms with Crippen molar-refractivity contribution in [3.63, 3.8) is 0 Å². The van der Waals surface area contributed by atoms with E-state index in [1.165, 1.54) is 12.1 Å². The summed E-state index contributed by atoms with van der Waals surface area (Å²) in [4.78, 5) is 0. The molecular formula is C14H17FO3. The maximum atomic E-state index is 13.1. The highest BCUT2D eigenvalue weighted by molar-refractivity contribution is 5.77. The van der Waals surface area contributed by atoms with Crippen LogP contribution in [-0.4, -0.2) is 17.8 Å². The fourth-order valence-corrected chi connectivity index (χ4v) is 2.01. The zero-order valence-corrected chi connectivity index (χ0v) is 10.5. The molecule has 18 heavy (non-hydrogen) atoms. The topological polar surface area (TPSA) is 42.6 Å². The smallest absolute Gasteiger partial charge is 0.138 e. The second kappa shape index (κ2) is 5.50. The molecule has 0 fully saturated rings. The van der Waals surface area contributed by atoms with Crippen molar-refractivity contribution in [3.8, 4) is 0 Å². The van der Waals surface area contributed by atoms with Crippen LogP contribution < -0.4 is 0 Å². The first kappa shape index (κ1) is 13.1. The Morgan fingerprint density at radius 1 is 1.33 bits per heavy atom. The quantitative estimate of drug-likeness (QED) is 0.886. The molecule has 1 aromatic heterocycles. The molecule has 3 nitrogen and oxygen atoms in total. The Morgan fingerprint density at radius 3 is 2.78 bits per heavy atom. The molecule has 2 rings (SSSR count). The lowest BCUT2D eigenvalue weighted by Crippen LogP contribution is -2.21. The van der Waals surface area contributed by atoms with Crippen LogP contribution in [0, 0.1) is 5.82 Å². The number of ether oxygens (including phenoxy) is 1. The summed E-state index contributed by atoms with van der Waals surface area (Å²) < 4.78 is 24.0. The lowest BCUT2D eigenvalue weighted by atomic mass is 10.1. The lowest BCUT2D eigenvalue weighted by molar-refractivity contribution is -0.0435. The molecule has 0 aliphatic heterocycles. The van der Waals surface area contributed by atoms with E-state index in [0.717, 1.165) is 0 Å². The Hall–Kier alpha value is -1.39. The third-order valence-corrected chi connectivity index (χ3v) is 2.92. The van der Waals surface area contributed by atoms with Crippen LogP contribution in [-0.2, 0) is 4.74 Å². The van der Waals surface area contributed by atoms with Crippen LogP contribution in [0.3, 0.4) is 0 Å². The van der Waals surface area contributed by atoms with E-state index in [4.69, 9.17) is 9.15 Å². The molecule has 2 unspecified atom stereocenters. The first-order valence-electron chi connectivity index (χ1n) is 6.14. The summed E-state index contributed by atoms with van der Waals surface area (Å²) in [6.07, 6.45) is -0.453. The fraction of sp³-hybridized carbons (Fsp3) is 0.429. The number of aliphatic hydroxyl groups excluding tert-OH is 1. The molecule has 0 radical (unpaired) electrons. The van der Waals surface area contributed by atoms with Crippen LogP contribution in [0.1, 0.15) is 32.1 Å². The lowest BCUT2D eigenvalue weighted by Gasteiger charge is -2.19. The number of aliphatic hydroxyl groups is 1. The Bertz CT molecular complexity index is 521. The van der Waals surface area contributed by atoms with Gasteiger partial charge in [-0.05, 0) is 37.6 Å². The molecule has 1 aromatic carbocycles. The molecule has 0 saturated carbocycles. The minimum atomic E-state index is -0.828. The Balaban J connectivity index is 2.29. The van der Waals surface area contributed by atoms with Gasteiger partial charge in [0.1, 0.15) is 23.3 Å². The molecule has 0 aliphatic carbocycles. The summed E-state index contributed by atoms with van der Waals surface area (Å²) in [6.45, 7) is 4.35. The van der Waals surface area contributed by atoms with Crippen molar-refractivity contribution in [2.24, 2.45) is 0 Å². The molecule has 2 aromatic rings. The van der Waals surface area contributed by atoms with E-state index < -0.39 is 6.10 Å². The summed E-state index contributed by atoms with van der Waals surface area (Å²) in [5.74, 6) is 0.0945. The van der Waals surface area contributed by atoms with Crippen molar-refractivity contribution in [2.45, 2.75) is 32.5 Å². The summed E-state index contributed by atoms with van der Waals surface area (Å²) in [7, 11) is 0. The van der Waals surface area contributed by atoms with Gasteiger partial charge in [-0.15, -0.1) is 0 Å². The highest BCUT2D eigenvalue weighted by Crippen LogP contribution is 2.28. The maximum Gasteiger partial charge on any atom is 0.138 e. The van der Waals surface area contributed by atoms with Gasteiger partial charge in [0.15, 0.2) is 0 Å². The minimum absolute atomic E-state index is 0.305. The van der Waals surface area contributed by atoms with Gasteiger partial charge < -0.3 is 14.3 Å². The van der Waals surface area contributed by atoms with Gasteiger partial charge in [0.2, 0.25) is 0 Å². The van der Waals surface area contributed by atoms with Gasteiger partial charge in [-0.3, -0.25) is 0 Å². The average molecular weight is 252 g/mol. The van der Waals surface area contributed by atoms with Crippen molar-refractivity contribution in [1.29, 1.82) is 0 Å². The Labute approximate surface area is 105 Å². The third kappa shape index (κ3) is 2.54. The van der Waals surface area contributed by atoms with Crippen LogP contribution in [0.4, 0.5) is 4.39 Å². The van der Waals surface area contributed by atoms with E-state index in [2.05, 4.69) is 0 Å². The molecule has 98 valence electrons. The predicted octanol–water partition coefficient (Wildman–Crippen LogP) is 3.42. The van der Waals surface area contributed by atoms with Crippen LogP contribution in [0.15, 0.2) is 28.7 Å². The van der Waals surface area contributed by atoms with Crippen LogP contribution in [0.25, 0.3) is 11.0 Å². The molecular weight excluding hydrogens is 235 g/mol. The minimum Gasteiger partial charge on any atom is -0.458 e. The molecule has 2 atom stereocenters. The van der Waals surface area contributed by atoms with Gasteiger partial charge in [0.25, 0.3) is 0 Å². The molecule has 0 spiro atoms. The number of rotatable bonds is 5. The Morgan fingerprint density at radius 2 is 2.11 bits per heavy atom. The first-order chi connectivity index (χ1) is 8.65.